The van der Waals surface area contributed by atoms with Crippen LogP contribution in [0.15, 0.2) is 6.20 Å². The van der Waals surface area contributed by atoms with Crippen LogP contribution in [-0.4, -0.2) is 40.3 Å². The Morgan fingerprint density at radius 2 is 2.62 bits per heavy atom. The lowest BCUT2D eigenvalue weighted by Gasteiger charge is -2.42. The molecule has 6 nitrogen and oxygen atoms in total. The normalized spacial score (nSPS) is 28.5. The molecule has 7 heteroatoms. The molecule has 0 bridgehead atoms. The second-order valence-electron chi connectivity index (χ2n) is 3.67. The summed E-state index contributed by atoms with van der Waals surface area (Å²) in [4.78, 5) is 12.2. The fourth-order valence-corrected chi connectivity index (χ4v) is 2.14. The number of rotatable bonds is 4. The van der Waals surface area contributed by atoms with Crippen LogP contribution in [0.5, 0.6) is 0 Å². The standard InChI is InChI=1S/C9H14N4O2S/c1-2-15-6-3-5(10)8(6)12-9(14)7-4-11-13-16-7/h4-6,8H,2-3,10H2,1H3,(H,12,14). The minimum absolute atomic E-state index is 0.0265. The van der Waals surface area contributed by atoms with Crippen molar-refractivity contribution >= 4 is 17.4 Å². The lowest BCUT2D eigenvalue weighted by molar-refractivity contribution is -0.0299. The van der Waals surface area contributed by atoms with Gasteiger partial charge < -0.3 is 15.8 Å². The summed E-state index contributed by atoms with van der Waals surface area (Å²) in [6.07, 6.45) is 2.27. The van der Waals surface area contributed by atoms with Gasteiger partial charge in [-0.2, -0.15) is 0 Å². The van der Waals surface area contributed by atoms with Crippen LogP contribution >= 0.6 is 11.5 Å². The molecule has 1 fully saturated rings. The van der Waals surface area contributed by atoms with Gasteiger partial charge in [0.2, 0.25) is 0 Å². The van der Waals surface area contributed by atoms with Crippen LogP contribution in [0.2, 0.25) is 0 Å². The number of nitrogens with zero attached hydrogens (tertiary/aromatic N) is 2. The molecule has 3 atom stereocenters. The largest absolute Gasteiger partial charge is 0.376 e. The van der Waals surface area contributed by atoms with Gasteiger partial charge in [0.25, 0.3) is 5.91 Å². The van der Waals surface area contributed by atoms with E-state index < -0.39 is 0 Å². The first-order chi connectivity index (χ1) is 7.72. The molecule has 1 saturated carbocycles. The fraction of sp³-hybridized carbons (Fsp3) is 0.667. The van der Waals surface area contributed by atoms with Gasteiger partial charge >= 0.3 is 0 Å². The number of aromatic nitrogens is 2. The Kier molecular flexibility index (Phi) is 3.47. The van der Waals surface area contributed by atoms with Gasteiger partial charge in [0.05, 0.1) is 18.3 Å². The van der Waals surface area contributed by atoms with E-state index in [1.54, 1.807) is 0 Å². The average Bonchev–Trinajstić information content (AvgIpc) is 2.79. The first-order valence-electron chi connectivity index (χ1n) is 5.17. The van der Waals surface area contributed by atoms with Crippen molar-refractivity contribution in [3.8, 4) is 0 Å². The predicted molar refractivity (Wildman–Crippen MR) is 59.2 cm³/mol. The smallest absolute Gasteiger partial charge is 0.265 e. The highest BCUT2D eigenvalue weighted by Crippen LogP contribution is 2.23. The molecule has 1 aliphatic rings. The lowest BCUT2D eigenvalue weighted by atomic mass is 9.83. The number of carbonyl (C=O) groups is 1. The van der Waals surface area contributed by atoms with Crippen molar-refractivity contribution in [2.24, 2.45) is 5.73 Å². The second kappa shape index (κ2) is 4.86. The van der Waals surface area contributed by atoms with Crippen LogP contribution < -0.4 is 11.1 Å². The van der Waals surface area contributed by atoms with Crippen molar-refractivity contribution in [2.45, 2.75) is 31.5 Å². The van der Waals surface area contributed by atoms with Gasteiger partial charge in [-0.05, 0) is 24.9 Å². The Balaban J connectivity index is 1.91. The Morgan fingerprint density at radius 3 is 3.19 bits per heavy atom. The number of carbonyl (C=O) groups excluding carboxylic acids is 1. The Morgan fingerprint density at radius 1 is 1.81 bits per heavy atom. The van der Waals surface area contributed by atoms with E-state index in [1.165, 1.54) is 6.20 Å². The topological polar surface area (TPSA) is 90.1 Å². The van der Waals surface area contributed by atoms with E-state index in [9.17, 15) is 4.79 Å². The van der Waals surface area contributed by atoms with Crippen LogP contribution in [0.3, 0.4) is 0 Å². The third kappa shape index (κ3) is 2.21. The van der Waals surface area contributed by atoms with Crippen molar-refractivity contribution < 1.29 is 9.53 Å². The SMILES string of the molecule is CCOC1CC(N)C1NC(=O)c1cnns1. The van der Waals surface area contributed by atoms with Crippen LogP contribution in [0, 0.1) is 0 Å². The average molecular weight is 242 g/mol. The Hall–Kier alpha value is -1.05. The number of hydrogen-bond donors (Lipinski definition) is 2. The molecule has 0 saturated heterocycles. The molecule has 0 spiro atoms. The molecule has 88 valence electrons. The number of amides is 1. The van der Waals surface area contributed by atoms with Crippen molar-refractivity contribution in [3.63, 3.8) is 0 Å². The number of ether oxygens (including phenoxy) is 1. The summed E-state index contributed by atoms with van der Waals surface area (Å²) in [5.41, 5.74) is 5.82. The molecule has 16 heavy (non-hydrogen) atoms. The molecular weight excluding hydrogens is 228 g/mol. The van der Waals surface area contributed by atoms with E-state index in [4.69, 9.17) is 10.5 Å². The van der Waals surface area contributed by atoms with Crippen LogP contribution in [0.25, 0.3) is 0 Å². The van der Waals surface area contributed by atoms with E-state index in [0.29, 0.717) is 11.5 Å². The molecule has 0 aliphatic heterocycles. The van der Waals surface area contributed by atoms with E-state index in [1.807, 2.05) is 6.92 Å². The summed E-state index contributed by atoms with van der Waals surface area (Å²) >= 11 is 1.07. The molecule has 3 unspecified atom stereocenters. The fourth-order valence-electron chi connectivity index (χ4n) is 1.72. The van der Waals surface area contributed by atoms with E-state index in [0.717, 1.165) is 18.0 Å². The third-order valence-corrected chi connectivity index (χ3v) is 3.29. The minimum Gasteiger partial charge on any atom is -0.376 e. The summed E-state index contributed by atoms with van der Waals surface area (Å²) in [5, 5.41) is 6.46. The second-order valence-corrected chi connectivity index (χ2v) is 4.46. The van der Waals surface area contributed by atoms with E-state index >= 15 is 0 Å². The van der Waals surface area contributed by atoms with Gasteiger partial charge in [-0.15, -0.1) is 5.10 Å². The summed E-state index contributed by atoms with van der Waals surface area (Å²) in [6, 6.07) is -0.129. The molecule has 3 N–H and O–H groups in total. The Labute approximate surface area is 97.3 Å². The van der Waals surface area contributed by atoms with Crippen molar-refractivity contribution in [1.29, 1.82) is 0 Å². The predicted octanol–water partition coefficient (Wildman–Crippen LogP) is -0.227. The van der Waals surface area contributed by atoms with E-state index in [-0.39, 0.29) is 24.1 Å². The quantitative estimate of drug-likeness (QED) is 0.761. The Bertz CT molecular complexity index is 354. The van der Waals surface area contributed by atoms with Crippen LogP contribution in [0.1, 0.15) is 23.0 Å². The number of nitrogens with one attached hydrogen (secondary N) is 1. The van der Waals surface area contributed by atoms with E-state index in [2.05, 4.69) is 14.9 Å². The zero-order chi connectivity index (χ0) is 11.5. The van der Waals surface area contributed by atoms with Crippen molar-refractivity contribution in [2.75, 3.05) is 6.61 Å². The summed E-state index contributed by atoms with van der Waals surface area (Å²) < 4.78 is 9.09. The zero-order valence-electron chi connectivity index (χ0n) is 8.92. The summed E-state index contributed by atoms with van der Waals surface area (Å²) in [5.74, 6) is -0.181. The molecular formula is C9H14N4O2S. The molecule has 1 aromatic heterocycles. The molecule has 0 aromatic carbocycles. The minimum atomic E-state index is -0.181. The van der Waals surface area contributed by atoms with Gasteiger partial charge in [-0.1, -0.05) is 4.49 Å². The van der Waals surface area contributed by atoms with Gasteiger partial charge in [-0.3, -0.25) is 4.79 Å². The van der Waals surface area contributed by atoms with Gasteiger partial charge in [0.1, 0.15) is 4.88 Å². The lowest BCUT2D eigenvalue weighted by Crippen LogP contribution is -2.64. The molecule has 2 rings (SSSR count). The first-order valence-corrected chi connectivity index (χ1v) is 5.95. The summed E-state index contributed by atoms with van der Waals surface area (Å²) in [7, 11) is 0. The highest BCUT2D eigenvalue weighted by Gasteiger charge is 2.40. The van der Waals surface area contributed by atoms with Gasteiger partial charge in [0.15, 0.2) is 0 Å². The third-order valence-electron chi connectivity index (χ3n) is 2.63. The maximum atomic E-state index is 11.7. The molecule has 1 amide bonds. The van der Waals surface area contributed by atoms with Crippen LogP contribution in [0.4, 0.5) is 0 Å². The van der Waals surface area contributed by atoms with Gasteiger partial charge in [0, 0.05) is 12.6 Å². The van der Waals surface area contributed by atoms with Gasteiger partial charge in [-0.25, -0.2) is 0 Å². The highest BCUT2D eigenvalue weighted by atomic mass is 32.1. The molecule has 1 heterocycles. The molecule has 1 aromatic rings. The monoisotopic (exact) mass is 242 g/mol. The molecule has 0 radical (unpaired) electrons. The maximum Gasteiger partial charge on any atom is 0.265 e. The highest BCUT2D eigenvalue weighted by molar-refractivity contribution is 7.07. The summed E-state index contributed by atoms with van der Waals surface area (Å²) in [6.45, 7) is 2.56. The van der Waals surface area contributed by atoms with Crippen molar-refractivity contribution in [3.05, 3.63) is 11.1 Å². The van der Waals surface area contributed by atoms with Crippen molar-refractivity contribution in [1.82, 2.24) is 14.9 Å². The first kappa shape index (κ1) is 11.4. The molecule has 1 aliphatic carbocycles. The maximum absolute atomic E-state index is 11.7. The number of hydrogen-bond acceptors (Lipinski definition) is 6. The zero-order valence-corrected chi connectivity index (χ0v) is 9.74. The van der Waals surface area contributed by atoms with Crippen LogP contribution in [-0.2, 0) is 4.74 Å². The number of nitrogens with two attached hydrogens (primary N) is 1.